The molecule has 0 aromatic rings. The quantitative estimate of drug-likeness (QED) is 0.393. The molecule has 5 rings (SSSR count). The normalized spacial score (nSPS) is 51.8. The maximum atomic E-state index is 13.4. The first-order valence-corrected chi connectivity index (χ1v) is 14.4. The first kappa shape index (κ1) is 24.8. The first-order chi connectivity index (χ1) is 15.8. The van der Waals surface area contributed by atoms with Crippen LogP contribution in [0.25, 0.3) is 0 Å². The highest BCUT2D eigenvalue weighted by molar-refractivity contribution is 5.85. The lowest BCUT2D eigenvalue weighted by Crippen LogP contribution is -2.66. The molecular formula is C31H50O3. The standard InChI is InChI=1S/C31H50O3/c1-19(2)20-11-16-31(26(33)34-8)18-17-29(6)21(25(20)31)9-10-23-28(5)14-13-24(32)27(3,4)22(28)12-15-30(23,29)7/h19-23,25H,9-18H2,1-8H3/t20-,21+,22-,23+,25+,28-,29+,30+,31-/m0/s1. The number of hydrogen-bond donors (Lipinski definition) is 0. The SMILES string of the molecule is COC(=O)[C@]12CC[C@@H](C(C)C)[C@@H]1[C@H]1CC[C@@H]3[C@@]4(C)CCC(=O)C(C)(C)[C@@H]4CC[C@@]3(C)[C@]1(C)CC2. The van der Waals surface area contributed by atoms with Gasteiger partial charge < -0.3 is 4.74 Å². The largest absolute Gasteiger partial charge is 0.469 e. The van der Waals surface area contributed by atoms with Crippen molar-refractivity contribution in [3.8, 4) is 0 Å². The fourth-order valence-corrected chi connectivity index (χ4v) is 11.7. The van der Waals surface area contributed by atoms with Crippen LogP contribution in [0, 0.1) is 62.6 Å². The first-order valence-electron chi connectivity index (χ1n) is 14.4. The van der Waals surface area contributed by atoms with E-state index in [1.54, 1.807) is 7.11 Å². The van der Waals surface area contributed by atoms with E-state index in [9.17, 15) is 9.59 Å². The lowest BCUT2D eigenvalue weighted by molar-refractivity contribution is -0.237. The summed E-state index contributed by atoms with van der Waals surface area (Å²) in [7, 11) is 1.61. The number of rotatable bonds is 2. The maximum absolute atomic E-state index is 13.4. The number of fused-ring (bicyclic) bond motifs is 7. The zero-order valence-corrected chi connectivity index (χ0v) is 23.3. The minimum atomic E-state index is -0.253. The van der Waals surface area contributed by atoms with Gasteiger partial charge in [0.05, 0.1) is 12.5 Å². The Balaban J connectivity index is 1.56. The van der Waals surface area contributed by atoms with Gasteiger partial charge in [-0.05, 0) is 110 Å². The molecule has 0 spiro atoms. The van der Waals surface area contributed by atoms with Crippen LogP contribution in [-0.4, -0.2) is 18.9 Å². The highest BCUT2D eigenvalue weighted by Gasteiger charge is 2.72. The molecule has 5 fully saturated rings. The van der Waals surface area contributed by atoms with Gasteiger partial charge in [0.25, 0.3) is 0 Å². The molecule has 3 heteroatoms. The van der Waals surface area contributed by atoms with Crippen molar-refractivity contribution in [2.45, 2.75) is 113 Å². The summed E-state index contributed by atoms with van der Waals surface area (Å²) in [5.41, 5.74) is 0.353. The van der Waals surface area contributed by atoms with E-state index in [2.05, 4.69) is 48.5 Å². The van der Waals surface area contributed by atoms with Crippen molar-refractivity contribution in [3.05, 3.63) is 0 Å². The van der Waals surface area contributed by atoms with E-state index in [1.165, 1.54) is 32.1 Å². The monoisotopic (exact) mass is 470 g/mol. The molecule has 34 heavy (non-hydrogen) atoms. The molecule has 9 atom stereocenters. The zero-order chi connectivity index (χ0) is 24.9. The molecule has 0 aromatic heterocycles. The predicted molar refractivity (Wildman–Crippen MR) is 136 cm³/mol. The van der Waals surface area contributed by atoms with Crippen molar-refractivity contribution in [3.63, 3.8) is 0 Å². The molecule has 0 aliphatic heterocycles. The van der Waals surface area contributed by atoms with Gasteiger partial charge in [0.15, 0.2) is 0 Å². The molecule has 192 valence electrons. The number of hydrogen-bond acceptors (Lipinski definition) is 3. The van der Waals surface area contributed by atoms with Crippen LogP contribution < -0.4 is 0 Å². The van der Waals surface area contributed by atoms with Crippen molar-refractivity contribution in [1.82, 2.24) is 0 Å². The van der Waals surface area contributed by atoms with Gasteiger partial charge in [-0.25, -0.2) is 0 Å². The fraction of sp³-hybridized carbons (Fsp3) is 0.935. The summed E-state index contributed by atoms with van der Waals surface area (Å²) >= 11 is 0. The van der Waals surface area contributed by atoms with Crippen LogP contribution in [0.4, 0.5) is 0 Å². The molecule has 5 aliphatic rings. The fourth-order valence-electron chi connectivity index (χ4n) is 11.7. The van der Waals surface area contributed by atoms with E-state index in [0.717, 1.165) is 32.1 Å². The predicted octanol–water partition coefficient (Wildman–Crippen LogP) is 7.47. The van der Waals surface area contributed by atoms with Gasteiger partial charge in [0.2, 0.25) is 0 Å². The van der Waals surface area contributed by atoms with E-state index >= 15 is 0 Å². The van der Waals surface area contributed by atoms with Crippen LogP contribution in [0.1, 0.15) is 113 Å². The third-order valence-electron chi connectivity index (χ3n) is 13.7. The smallest absolute Gasteiger partial charge is 0.312 e. The second-order valence-electron chi connectivity index (χ2n) is 14.9. The molecular weight excluding hydrogens is 420 g/mol. The van der Waals surface area contributed by atoms with Crippen LogP contribution in [0.2, 0.25) is 0 Å². The summed E-state index contributed by atoms with van der Waals surface area (Å²) in [5.74, 6) is 4.07. The van der Waals surface area contributed by atoms with Crippen molar-refractivity contribution in [1.29, 1.82) is 0 Å². The Morgan fingerprint density at radius 1 is 0.853 bits per heavy atom. The molecule has 0 N–H and O–H groups in total. The van der Waals surface area contributed by atoms with Crippen LogP contribution in [0.3, 0.4) is 0 Å². The summed E-state index contributed by atoms with van der Waals surface area (Å²) in [6.45, 7) is 17.1. The third-order valence-corrected chi connectivity index (χ3v) is 13.7. The van der Waals surface area contributed by atoms with E-state index < -0.39 is 0 Å². The van der Waals surface area contributed by atoms with Crippen LogP contribution in [-0.2, 0) is 14.3 Å². The van der Waals surface area contributed by atoms with Gasteiger partial charge >= 0.3 is 5.97 Å². The molecule has 3 nitrogen and oxygen atoms in total. The summed E-state index contributed by atoms with van der Waals surface area (Å²) in [6.07, 6.45) is 11.2. The van der Waals surface area contributed by atoms with Crippen molar-refractivity contribution in [2.75, 3.05) is 7.11 Å². The summed E-state index contributed by atoms with van der Waals surface area (Å²) in [5, 5.41) is 0. The number of Topliss-reactive ketones (excluding diaryl/α,β-unsaturated/α-hetero) is 1. The molecule has 5 saturated carbocycles. The van der Waals surface area contributed by atoms with Crippen molar-refractivity contribution >= 4 is 11.8 Å². The molecule has 0 saturated heterocycles. The molecule has 0 radical (unpaired) electrons. The van der Waals surface area contributed by atoms with Gasteiger partial charge in [-0.1, -0.05) is 48.5 Å². The van der Waals surface area contributed by atoms with E-state index in [0.29, 0.717) is 41.3 Å². The molecule has 5 aliphatic carbocycles. The van der Waals surface area contributed by atoms with Gasteiger partial charge in [-0.15, -0.1) is 0 Å². The molecule has 0 aromatic carbocycles. The third kappa shape index (κ3) is 2.82. The Morgan fingerprint density at radius 2 is 1.56 bits per heavy atom. The minimum absolute atomic E-state index is 0.0817. The summed E-state index contributed by atoms with van der Waals surface area (Å²) in [6, 6.07) is 0. The number of esters is 1. The number of ether oxygens (including phenoxy) is 1. The van der Waals surface area contributed by atoms with E-state index in [-0.39, 0.29) is 33.0 Å². The Morgan fingerprint density at radius 3 is 2.21 bits per heavy atom. The number of carbonyl (C=O) groups is 2. The highest BCUT2D eigenvalue weighted by Crippen LogP contribution is 2.77. The molecule has 0 amide bonds. The second kappa shape index (κ2) is 7.58. The van der Waals surface area contributed by atoms with Gasteiger partial charge in [-0.3, -0.25) is 9.59 Å². The number of ketones is 1. The van der Waals surface area contributed by atoms with E-state index in [1.807, 2.05) is 0 Å². The van der Waals surface area contributed by atoms with Crippen LogP contribution in [0.15, 0.2) is 0 Å². The number of methoxy groups -OCH3 is 1. The summed E-state index contributed by atoms with van der Waals surface area (Å²) < 4.78 is 5.52. The Labute approximate surface area is 208 Å². The van der Waals surface area contributed by atoms with Gasteiger partial charge in [-0.2, -0.15) is 0 Å². The van der Waals surface area contributed by atoms with Crippen molar-refractivity contribution in [2.24, 2.45) is 62.6 Å². The highest BCUT2D eigenvalue weighted by atomic mass is 16.5. The number of carbonyl (C=O) groups excluding carboxylic acids is 2. The molecule has 0 unspecified atom stereocenters. The molecule has 0 heterocycles. The summed E-state index contributed by atoms with van der Waals surface area (Å²) in [4.78, 5) is 26.3. The lowest BCUT2D eigenvalue weighted by Gasteiger charge is -2.72. The van der Waals surface area contributed by atoms with E-state index in [4.69, 9.17) is 4.74 Å². The van der Waals surface area contributed by atoms with Crippen molar-refractivity contribution < 1.29 is 14.3 Å². The van der Waals surface area contributed by atoms with Crippen LogP contribution in [0.5, 0.6) is 0 Å². The Bertz CT molecular complexity index is 874. The Hall–Kier alpha value is -0.860. The average molecular weight is 471 g/mol. The topological polar surface area (TPSA) is 43.4 Å². The van der Waals surface area contributed by atoms with Gasteiger partial charge in [0.1, 0.15) is 5.78 Å². The molecule has 0 bridgehead atoms. The average Bonchev–Trinajstić information content (AvgIpc) is 3.18. The van der Waals surface area contributed by atoms with Gasteiger partial charge in [0, 0.05) is 11.8 Å². The Kier molecular flexibility index (Phi) is 5.53. The maximum Gasteiger partial charge on any atom is 0.312 e. The second-order valence-corrected chi connectivity index (χ2v) is 14.9. The van der Waals surface area contributed by atoms with Crippen LogP contribution >= 0.6 is 0 Å². The minimum Gasteiger partial charge on any atom is -0.469 e. The lowest BCUT2D eigenvalue weighted by atomic mass is 9.32. The zero-order valence-electron chi connectivity index (χ0n) is 23.3.